The lowest BCUT2D eigenvalue weighted by Gasteiger charge is -2.27. The molecule has 1 amide bonds. The number of halogens is 1. The molecule has 1 aromatic heterocycles. The van der Waals surface area contributed by atoms with E-state index in [9.17, 15) is 9.59 Å². The molecule has 128 valence electrons. The monoisotopic (exact) mass is 418 g/mol. The maximum Gasteiger partial charge on any atom is 0.310 e. The molecule has 25 heavy (non-hydrogen) atoms. The zero-order chi connectivity index (χ0) is 17.1. The Morgan fingerprint density at radius 3 is 2.88 bits per heavy atom. The average Bonchev–Trinajstić information content (AvgIpc) is 3.34. The van der Waals surface area contributed by atoms with E-state index >= 15 is 0 Å². The van der Waals surface area contributed by atoms with E-state index in [1.807, 2.05) is 35.7 Å². The maximum absolute atomic E-state index is 12.9. The lowest BCUT2D eigenvalue weighted by Crippen LogP contribution is -2.40. The minimum atomic E-state index is -0.329. The van der Waals surface area contributed by atoms with Crippen molar-refractivity contribution in [2.24, 2.45) is 23.7 Å². The lowest BCUT2D eigenvalue weighted by atomic mass is 9.79. The summed E-state index contributed by atoms with van der Waals surface area (Å²) in [5, 5.41) is 5.42. The van der Waals surface area contributed by atoms with E-state index < -0.39 is 0 Å². The molecular formula is C18H15BrN2O3S. The molecule has 3 fully saturated rings. The summed E-state index contributed by atoms with van der Waals surface area (Å²) in [5.74, 6) is -0.632. The molecule has 0 spiro atoms. The molecule has 1 N–H and O–H groups in total. The summed E-state index contributed by atoms with van der Waals surface area (Å²) in [6.07, 6.45) is 0.818. The van der Waals surface area contributed by atoms with Crippen molar-refractivity contribution in [3.63, 3.8) is 0 Å². The van der Waals surface area contributed by atoms with Gasteiger partial charge in [0.2, 0.25) is 5.91 Å². The molecule has 2 saturated carbocycles. The summed E-state index contributed by atoms with van der Waals surface area (Å²) in [6, 6.07) is 9.85. The Labute approximate surface area is 156 Å². The van der Waals surface area contributed by atoms with E-state index in [2.05, 4.69) is 26.2 Å². The first-order valence-electron chi connectivity index (χ1n) is 8.30. The van der Waals surface area contributed by atoms with Gasteiger partial charge in [-0.1, -0.05) is 46.3 Å². The topological polar surface area (TPSA) is 68.3 Å². The number of hydrogen-bond donors (Lipinski definition) is 1. The Kier molecular flexibility index (Phi) is 3.50. The van der Waals surface area contributed by atoms with Gasteiger partial charge in [-0.15, -0.1) is 11.3 Å². The van der Waals surface area contributed by atoms with Gasteiger partial charge in [0.05, 0.1) is 22.4 Å². The molecule has 1 aromatic carbocycles. The number of hydrogen-bond acceptors (Lipinski definition) is 5. The summed E-state index contributed by atoms with van der Waals surface area (Å²) in [5.41, 5.74) is 1.86. The summed E-state index contributed by atoms with van der Waals surface area (Å²) < 4.78 is 5.47. The van der Waals surface area contributed by atoms with Crippen molar-refractivity contribution < 1.29 is 14.3 Å². The third kappa shape index (κ3) is 2.29. The fourth-order valence-electron chi connectivity index (χ4n) is 4.59. The summed E-state index contributed by atoms with van der Waals surface area (Å²) in [6.45, 7) is 0. The van der Waals surface area contributed by atoms with Crippen molar-refractivity contribution in [2.45, 2.75) is 17.4 Å². The van der Waals surface area contributed by atoms with Gasteiger partial charge in [0.15, 0.2) is 5.13 Å². The second-order valence-electron chi connectivity index (χ2n) is 6.85. The summed E-state index contributed by atoms with van der Waals surface area (Å²) in [7, 11) is 0. The summed E-state index contributed by atoms with van der Waals surface area (Å²) >= 11 is 5.04. The van der Waals surface area contributed by atoms with Crippen LogP contribution in [0, 0.1) is 23.7 Å². The Morgan fingerprint density at radius 2 is 2.08 bits per heavy atom. The van der Waals surface area contributed by atoms with Crippen LogP contribution in [-0.2, 0) is 14.3 Å². The van der Waals surface area contributed by atoms with Crippen molar-refractivity contribution in [1.29, 1.82) is 0 Å². The van der Waals surface area contributed by atoms with Gasteiger partial charge in [-0.3, -0.25) is 9.59 Å². The van der Waals surface area contributed by atoms with Gasteiger partial charge < -0.3 is 10.1 Å². The molecule has 2 bridgehead atoms. The Bertz CT molecular complexity index is 855. The zero-order valence-corrected chi connectivity index (χ0v) is 15.5. The van der Waals surface area contributed by atoms with Gasteiger partial charge in [-0.2, -0.15) is 0 Å². The van der Waals surface area contributed by atoms with Crippen LogP contribution in [-0.4, -0.2) is 27.8 Å². The van der Waals surface area contributed by atoms with E-state index in [1.54, 1.807) is 0 Å². The maximum atomic E-state index is 12.9. The molecule has 3 aliphatic rings. The van der Waals surface area contributed by atoms with Crippen molar-refractivity contribution in [3.8, 4) is 11.3 Å². The number of thiazole rings is 1. The van der Waals surface area contributed by atoms with Crippen molar-refractivity contribution in [1.82, 2.24) is 4.98 Å². The van der Waals surface area contributed by atoms with Gasteiger partial charge in [0, 0.05) is 16.9 Å². The van der Waals surface area contributed by atoms with Gasteiger partial charge in [0.1, 0.15) is 6.10 Å². The minimum Gasteiger partial charge on any atom is -0.461 e. The number of alkyl halides is 1. The Morgan fingerprint density at radius 1 is 1.28 bits per heavy atom. The number of aromatic nitrogens is 1. The van der Waals surface area contributed by atoms with Crippen LogP contribution in [0.2, 0.25) is 0 Å². The van der Waals surface area contributed by atoms with Crippen LogP contribution in [0.25, 0.3) is 11.3 Å². The van der Waals surface area contributed by atoms with Crippen LogP contribution in [0.5, 0.6) is 0 Å². The molecule has 6 atom stereocenters. The number of benzene rings is 1. The average molecular weight is 419 g/mol. The number of anilines is 1. The predicted molar refractivity (Wildman–Crippen MR) is 97.4 cm³/mol. The van der Waals surface area contributed by atoms with E-state index in [-0.39, 0.29) is 46.5 Å². The highest BCUT2D eigenvalue weighted by Crippen LogP contribution is 2.60. The second kappa shape index (κ2) is 5.64. The highest BCUT2D eigenvalue weighted by atomic mass is 79.9. The molecular weight excluding hydrogens is 404 g/mol. The highest BCUT2D eigenvalue weighted by molar-refractivity contribution is 9.09. The molecule has 1 aliphatic heterocycles. The first kappa shape index (κ1) is 15.5. The predicted octanol–water partition coefficient (Wildman–Crippen LogP) is 3.32. The van der Waals surface area contributed by atoms with E-state index in [1.165, 1.54) is 11.3 Å². The van der Waals surface area contributed by atoms with Crippen molar-refractivity contribution >= 4 is 44.3 Å². The highest BCUT2D eigenvalue weighted by Gasteiger charge is 2.67. The fourth-order valence-corrected chi connectivity index (χ4v) is 6.36. The van der Waals surface area contributed by atoms with Gasteiger partial charge in [0.25, 0.3) is 0 Å². The molecule has 2 aromatic rings. The number of nitrogens with one attached hydrogen (secondary N) is 1. The van der Waals surface area contributed by atoms with E-state index in [0.717, 1.165) is 17.7 Å². The van der Waals surface area contributed by atoms with Crippen LogP contribution in [0.1, 0.15) is 6.42 Å². The van der Waals surface area contributed by atoms with Crippen molar-refractivity contribution in [3.05, 3.63) is 35.7 Å². The first-order chi connectivity index (χ1) is 12.1. The quantitative estimate of drug-likeness (QED) is 0.612. The molecule has 0 unspecified atom stereocenters. The fraction of sp³-hybridized carbons (Fsp3) is 0.389. The van der Waals surface area contributed by atoms with Crippen LogP contribution < -0.4 is 5.32 Å². The second-order valence-corrected chi connectivity index (χ2v) is 8.77. The van der Waals surface area contributed by atoms with Crippen LogP contribution in [0.15, 0.2) is 35.7 Å². The normalized spacial score (nSPS) is 35.0. The standard InChI is InChI=1S/C18H15BrN2O3S/c19-14-9-6-10-13(17(23)24-15(10)14)12(9)16(22)21-18-20-11(7-25-18)8-4-2-1-3-5-8/h1-5,7,9-10,12-15H,6H2,(H,20,21,22)/t9-,10-,12-,13-,14+,15+/m1/s1. The van der Waals surface area contributed by atoms with Crippen LogP contribution in [0.4, 0.5) is 5.13 Å². The Hall–Kier alpha value is -1.73. The number of rotatable bonds is 3. The zero-order valence-electron chi connectivity index (χ0n) is 13.1. The number of amides is 1. The summed E-state index contributed by atoms with van der Waals surface area (Å²) in [4.78, 5) is 29.6. The van der Waals surface area contributed by atoms with Crippen LogP contribution in [0.3, 0.4) is 0 Å². The number of nitrogens with zero attached hydrogens (tertiary/aromatic N) is 1. The van der Waals surface area contributed by atoms with Gasteiger partial charge in [-0.05, 0) is 12.3 Å². The minimum absolute atomic E-state index is 0.0592. The van der Waals surface area contributed by atoms with Gasteiger partial charge >= 0.3 is 5.97 Å². The van der Waals surface area contributed by atoms with Crippen LogP contribution >= 0.6 is 27.3 Å². The SMILES string of the molecule is O=C(Nc1nc(-c2ccccc2)cs1)[C@@H]1[C@H]2C[C@H]3[C@H](OC(=O)[C@H]31)[C@H]2Br. The molecule has 0 radical (unpaired) electrons. The van der Waals surface area contributed by atoms with Gasteiger partial charge in [-0.25, -0.2) is 4.98 Å². The van der Waals surface area contributed by atoms with E-state index in [0.29, 0.717) is 5.13 Å². The molecule has 2 heterocycles. The number of ether oxygens (including phenoxy) is 1. The molecule has 5 rings (SSSR count). The molecule has 7 heteroatoms. The first-order valence-corrected chi connectivity index (χ1v) is 10.1. The molecule has 2 aliphatic carbocycles. The van der Waals surface area contributed by atoms with E-state index in [4.69, 9.17) is 4.74 Å². The smallest absolute Gasteiger partial charge is 0.310 e. The number of carbonyl (C=O) groups excluding carboxylic acids is 2. The third-order valence-electron chi connectivity index (χ3n) is 5.63. The molecule has 5 nitrogen and oxygen atoms in total. The third-order valence-corrected chi connectivity index (χ3v) is 7.59. The number of esters is 1. The largest absolute Gasteiger partial charge is 0.461 e. The van der Waals surface area contributed by atoms with Crippen molar-refractivity contribution in [2.75, 3.05) is 5.32 Å². The Balaban J connectivity index is 1.36. The number of carbonyl (C=O) groups is 2. The number of fused-ring (bicyclic) bond motifs is 1. The lowest BCUT2D eigenvalue weighted by molar-refractivity contribution is -0.145. The molecule has 1 saturated heterocycles.